The predicted molar refractivity (Wildman–Crippen MR) is 71.9 cm³/mol. The lowest BCUT2D eigenvalue weighted by molar-refractivity contribution is 0.324. The van der Waals surface area contributed by atoms with Crippen LogP contribution in [0.2, 0.25) is 0 Å². The van der Waals surface area contributed by atoms with Gasteiger partial charge in [0.15, 0.2) is 0 Å². The fraction of sp³-hybridized carbons (Fsp3) is 1.00. The third kappa shape index (κ3) is 2.73. The number of nitrogens with one attached hydrogen (secondary N) is 1. The van der Waals surface area contributed by atoms with Gasteiger partial charge in [-0.3, -0.25) is 0 Å². The summed E-state index contributed by atoms with van der Waals surface area (Å²) >= 11 is 0. The number of rotatable bonds is 5. The molecule has 0 radical (unpaired) electrons. The molecule has 3 fully saturated rings. The maximum absolute atomic E-state index is 12.7. The molecule has 1 N–H and O–H groups in total. The van der Waals surface area contributed by atoms with Crippen LogP contribution in [0.1, 0.15) is 44.9 Å². The first-order valence-corrected chi connectivity index (χ1v) is 8.99. The van der Waals surface area contributed by atoms with Crippen molar-refractivity contribution in [2.45, 2.75) is 57.0 Å². The molecule has 0 aromatic heterocycles. The Hall–Kier alpha value is -0.130. The van der Waals surface area contributed by atoms with Crippen molar-refractivity contribution in [2.75, 3.05) is 18.8 Å². The smallest absolute Gasteiger partial charge is 0.214 e. The fourth-order valence-electron chi connectivity index (χ4n) is 3.50. The van der Waals surface area contributed by atoms with E-state index in [0.29, 0.717) is 17.7 Å². The lowest BCUT2D eigenvalue weighted by Gasteiger charge is -2.28. The zero-order chi connectivity index (χ0) is 12.6. The Morgan fingerprint density at radius 2 is 1.72 bits per heavy atom. The molecule has 0 aromatic carbocycles. The number of hydrogen-bond acceptors (Lipinski definition) is 3. The summed E-state index contributed by atoms with van der Waals surface area (Å²) in [5.74, 6) is 0.825. The fourth-order valence-corrected chi connectivity index (χ4v) is 5.90. The largest absolute Gasteiger partial charge is 0.315 e. The van der Waals surface area contributed by atoms with Crippen LogP contribution in [0, 0.1) is 5.92 Å². The Morgan fingerprint density at radius 3 is 2.28 bits per heavy atom. The third-order valence-electron chi connectivity index (χ3n) is 4.54. The van der Waals surface area contributed by atoms with E-state index in [-0.39, 0.29) is 6.04 Å². The van der Waals surface area contributed by atoms with Crippen LogP contribution >= 0.6 is 0 Å². The zero-order valence-corrected chi connectivity index (χ0v) is 11.8. The van der Waals surface area contributed by atoms with Gasteiger partial charge in [0.25, 0.3) is 0 Å². The highest BCUT2D eigenvalue weighted by Crippen LogP contribution is 2.35. The van der Waals surface area contributed by atoms with Gasteiger partial charge in [0.1, 0.15) is 0 Å². The Kier molecular flexibility index (Phi) is 3.65. The van der Waals surface area contributed by atoms with Crippen molar-refractivity contribution in [3.63, 3.8) is 0 Å². The van der Waals surface area contributed by atoms with Gasteiger partial charge in [-0.05, 0) is 44.6 Å². The van der Waals surface area contributed by atoms with Gasteiger partial charge >= 0.3 is 0 Å². The van der Waals surface area contributed by atoms with Gasteiger partial charge in [0.2, 0.25) is 10.0 Å². The van der Waals surface area contributed by atoms with E-state index in [1.165, 1.54) is 12.8 Å². The third-order valence-corrected chi connectivity index (χ3v) is 6.67. The maximum atomic E-state index is 12.7. The highest BCUT2D eigenvalue weighted by molar-refractivity contribution is 7.89. The predicted octanol–water partition coefficient (Wildman–Crippen LogP) is 1.33. The monoisotopic (exact) mass is 272 g/mol. The molecule has 0 aromatic rings. The van der Waals surface area contributed by atoms with Gasteiger partial charge < -0.3 is 5.32 Å². The Balaban J connectivity index is 1.71. The average Bonchev–Trinajstić information content (AvgIpc) is 2.80. The summed E-state index contributed by atoms with van der Waals surface area (Å²) in [6, 6.07) is 0.546. The molecule has 3 aliphatic rings. The van der Waals surface area contributed by atoms with E-state index in [1.807, 2.05) is 4.31 Å². The molecule has 0 bridgehead atoms. The van der Waals surface area contributed by atoms with Crippen LogP contribution in [0.4, 0.5) is 0 Å². The highest BCUT2D eigenvalue weighted by Gasteiger charge is 2.43. The van der Waals surface area contributed by atoms with E-state index in [0.717, 1.165) is 45.2 Å². The van der Waals surface area contributed by atoms with E-state index in [2.05, 4.69) is 5.32 Å². The first-order valence-electron chi connectivity index (χ1n) is 7.39. The molecule has 1 atom stereocenters. The van der Waals surface area contributed by atoms with Gasteiger partial charge in [-0.15, -0.1) is 0 Å². The SMILES string of the molecule is O=S(=O)(CC1CCCC1)N(C1CC1)C1CCNC1. The molecule has 2 aliphatic carbocycles. The summed E-state index contributed by atoms with van der Waals surface area (Å²) < 4.78 is 27.2. The van der Waals surface area contributed by atoms with Crippen molar-refractivity contribution in [2.24, 2.45) is 5.92 Å². The second kappa shape index (κ2) is 5.10. The number of sulfonamides is 1. The minimum Gasteiger partial charge on any atom is -0.315 e. The second-order valence-electron chi connectivity index (χ2n) is 6.14. The molecule has 1 saturated heterocycles. The Bertz CT molecular complexity index is 380. The Labute approximate surface area is 110 Å². The van der Waals surface area contributed by atoms with Gasteiger partial charge in [0.05, 0.1) is 5.75 Å². The summed E-state index contributed by atoms with van der Waals surface area (Å²) in [6.45, 7) is 1.81. The van der Waals surface area contributed by atoms with Gasteiger partial charge in [0, 0.05) is 18.6 Å². The van der Waals surface area contributed by atoms with Crippen LogP contribution in [-0.2, 0) is 10.0 Å². The van der Waals surface area contributed by atoms with Crippen LogP contribution in [0.5, 0.6) is 0 Å². The molecule has 1 aliphatic heterocycles. The van der Waals surface area contributed by atoms with Crippen molar-refractivity contribution in [3.8, 4) is 0 Å². The summed E-state index contributed by atoms with van der Waals surface area (Å²) in [5, 5.41) is 3.30. The summed E-state index contributed by atoms with van der Waals surface area (Å²) in [6.07, 6.45) is 7.78. The van der Waals surface area contributed by atoms with Gasteiger partial charge in [-0.25, -0.2) is 8.42 Å². The average molecular weight is 272 g/mol. The minimum absolute atomic E-state index is 0.226. The van der Waals surface area contributed by atoms with Crippen molar-refractivity contribution < 1.29 is 8.42 Å². The minimum atomic E-state index is -3.03. The van der Waals surface area contributed by atoms with Crippen molar-refractivity contribution in [1.29, 1.82) is 0 Å². The molecule has 1 heterocycles. The summed E-state index contributed by atoms with van der Waals surface area (Å²) in [5.41, 5.74) is 0. The van der Waals surface area contributed by atoms with Crippen LogP contribution in [-0.4, -0.2) is 43.6 Å². The topological polar surface area (TPSA) is 49.4 Å². The summed E-state index contributed by atoms with van der Waals surface area (Å²) in [4.78, 5) is 0. The molecule has 1 unspecified atom stereocenters. The normalized spacial score (nSPS) is 30.4. The lowest BCUT2D eigenvalue weighted by atomic mass is 10.1. The quantitative estimate of drug-likeness (QED) is 0.821. The molecule has 0 amide bonds. The van der Waals surface area contributed by atoms with E-state index in [9.17, 15) is 8.42 Å². The van der Waals surface area contributed by atoms with Crippen molar-refractivity contribution >= 4 is 10.0 Å². The zero-order valence-electron chi connectivity index (χ0n) is 11.0. The molecule has 18 heavy (non-hydrogen) atoms. The van der Waals surface area contributed by atoms with Gasteiger partial charge in [-0.1, -0.05) is 12.8 Å². The highest BCUT2D eigenvalue weighted by atomic mass is 32.2. The number of hydrogen-bond donors (Lipinski definition) is 1. The molecule has 3 rings (SSSR count). The molecular weight excluding hydrogens is 248 g/mol. The number of nitrogens with zero attached hydrogens (tertiary/aromatic N) is 1. The van der Waals surface area contributed by atoms with E-state index in [1.54, 1.807) is 0 Å². The standard InChI is InChI=1S/C13H24N2O2S/c16-18(17,10-11-3-1-2-4-11)15(12-5-6-12)13-7-8-14-9-13/h11-14H,1-10H2. The molecular formula is C13H24N2O2S. The van der Waals surface area contributed by atoms with Crippen LogP contribution in [0.15, 0.2) is 0 Å². The van der Waals surface area contributed by atoms with E-state index in [4.69, 9.17) is 0 Å². The van der Waals surface area contributed by atoms with Crippen molar-refractivity contribution in [3.05, 3.63) is 0 Å². The molecule has 5 heteroatoms. The molecule has 104 valence electrons. The first-order chi connectivity index (χ1) is 8.67. The van der Waals surface area contributed by atoms with Crippen LogP contribution < -0.4 is 5.32 Å². The van der Waals surface area contributed by atoms with Crippen LogP contribution in [0.3, 0.4) is 0 Å². The van der Waals surface area contributed by atoms with Crippen LogP contribution in [0.25, 0.3) is 0 Å². The second-order valence-corrected chi connectivity index (χ2v) is 8.06. The lowest BCUT2D eigenvalue weighted by Crippen LogP contribution is -2.45. The summed E-state index contributed by atoms with van der Waals surface area (Å²) in [7, 11) is -3.03. The molecule has 4 nitrogen and oxygen atoms in total. The first kappa shape index (κ1) is 12.9. The van der Waals surface area contributed by atoms with Gasteiger partial charge in [-0.2, -0.15) is 4.31 Å². The Morgan fingerprint density at radius 1 is 1.00 bits per heavy atom. The van der Waals surface area contributed by atoms with E-state index < -0.39 is 10.0 Å². The molecule has 2 saturated carbocycles. The maximum Gasteiger partial charge on any atom is 0.214 e. The molecule has 0 spiro atoms. The van der Waals surface area contributed by atoms with E-state index >= 15 is 0 Å². The van der Waals surface area contributed by atoms with Crippen molar-refractivity contribution in [1.82, 2.24) is 9.62 Å².